The topological polar surface area (TPSA) is 78.8 Å². The molecule has 0 N–H and O–H groups in total. The van der Waals surface area contributed by atoms with E-state index in [2.05, 4.69) is 10.1 Å². The molecule has 2 aromatic heterocycles. The van der Waals surface area contributed by atoms with Crippen LogP contribution >= 0.6 is 11.3 Å². The third-order valence-electron chi connectivity index (χ3n) is 3.92. The van der Waals surface area contributed by atoms with Crippen LogP contribution in [0.4, 0.5) is 0 Å². The van der Waals surface area contributed by atoms with Crippen molar-refractivity contribution in [3.05, 3.63) is 57.2 Å². The molecule has 1 amide bonds. The number of ether oxygens (including phenoxy) is 2. The summed E-state index contributed by atoms with van der Waals surface area (Å²) < 4.78 is 18.1. The van der Waals surface area contributed by atoms with Crippen molar-refractivity contribution in [1.29, 1.82) is 0 Å². The van der Waals surface area contributed by atoms with Gasteiger partial charge in [0, 0.05) is 24.2 Å². The van der Waals surface area contributed by atoms with Crippen LogP contribution in [0.15, 0.2) is 39.3 Å². The highest BCUT2D eigenvalue weighted by Crippen LogP contribution is 2.29. The Morgan fingerprint density at radius 1 is 1.35 bits per heavy atom. The predicted octanol–water partition coefficient (Wildman–Crippen LogP) is 3.02. The van der Waals surface area contributed by atoms with Gasteiger partial charge in [-0.1, -0.05) is 5.16 Å². The van der Waals surface area contributed by atoms with Crippen LogP contribution in [0.1, 0.15) is 27.4 Å². The smallest absolute Gasteiger partial charge is 0.279 e. The van der Waals surface area contributed by atoms with Gasteiger partial charge in [0.1, 0.15) is 12.4 Å². The van der Waals surface area contributed by atoms with E-state index in [0.29, 0.717) is 28.5 Å². The Kier molecular flexibility index (Phi) is 5.22. The maximum atomic E-state index is 12.4. The van der Waals surface area contributed by atoms with Crippen molar-refractivity contribution in [3.63, 3.8) is 0 Å². The number of amides is 1. The second-order valence-corrected chi connectivity index (χ2v) is 6.54. The molecule has 0 aliphatic carbocycles. The van der Waals surface area contributed by atoms with Gasteiger partial charge in [0.05, 0.1) is 18.4 Å². The van der Waals surface area contributed by atoms with Crippen LogP contribution in [-0.4, -0.2) is 22.7 Å². The summed E-state index contributed by atoms with van der Waals surface area (Å²) in [5, 5.41) is 5.78. The standard InChI is InChI=1S/C18H19N3O4S/c1-11-14(12(2)25-20-11)10-24-15-6-5-13(9-16(15)23-4)17(22)19-18-21(3)7-8-26-18/h5-9H,10H2,1-4H3. The van der Waals surface area contributed by atoms with Crippen LogP contribution in [-0.2, 0) is 13.7 Å². The van der Waals surface area contributed by atoms with Gasteiger partial charge in [-0.3, -0.25) is 4.79 Å². The summed E-state index contributed by atoms with van der Waals surface area (Å²) in [5.41, 5.74) is 2.11. The normalized spacial score (nSPS) is 11.6. The minimum atomic E-state index is -0.335. The lowest BCUT2D eigenvalue weighted by Gasteiger charge is -2.11. The molecule has 0 unspecified atom stereocenters. The number of nitrogens with zero attached hydrogens (tertiary/aromatic N) is 3. The molecule has 2 heterocycles. The Labute approximate surface area is 154 Å². The molecule has 0 aliphatic heterocycles. The van der Waals surface area contributed by atoms with Gasteiger partial charge in [-0.2, -0.15) is 4.99 Å². The number of hydrogen-bond donors (Lipinski definition) is 0. The highest BCUT2D eigenvalue weighted by Gasteiger charge is 2.14. The Balaban J connectivity index is 1.82. The van der Waals surface area contributed by atoms with Crippen LogP contribution in [0.3, 0.4) is 0 Å². The van der Waals surface area contributed by atoms with E-state index in [1.807, 2.05) is 32.5 Å². The first-order valence-corrected chi connectivity index (χ1v) is 8.79. The van der Waals surface area contributed by atoms with Crippen molar-refractivity contribution in [2.45, 2.75) is 20.5 Å². The lowest BCUT2D eigenvalue weighted by atomic mass is 10.2. The molecular weight excluding hydrogens is 354 g/mol. The third-order valence-corrected chi connectivity index (χ3v) is 4.77. The maximum absolute atomic E-state index is 12.4. The summed E-state index contributed by atoms with van der Waals surface area (Å²) in [5.74, 6) is 1.38. The molecule has 0 fully saturated rings. The molecule has 0 atom stereocenters. The molecule has 136 valence electrons. The molecule has 0 spiro atoms. The zero-order valence-electron chi connectivity index (χ0n) is 15.0. The Bertz CT molecular complexity index is 981. The Morgan fingerprint density at radius 2 is 2.15 bits per heavy atom. The molecule has 3 aromatic rings. The van der Waals surface area contributed by atoms with E-state index in [0.717, 1.165) is 17.0 Å². The zero-order valence-corrected chi connectivity index (χ0v) is 15.8. The fraction of sp³-hybridized carbons (Fsp3) is 0.278. The fourth-order valence-corrected chi connectivity index (χ4v) is 3.09. The van der Waals surface area contributed by atoms with Gasteiger partial charge in [-0.25, -0.2) is 0 Å². The first-order valence-electron chi connectivity index (χ1n) is 7.91. The monoisotopic (exact) mass is 373 g/mol. The molecule has 3 rings (SSSR count). The fourth-order valence-electron chi connectivity index (χ4n) is 2.36. The van der Waals surface area contributed by atoms with Crippen LogP contribution < -0.4 is 14.3 Å². The average Bonchev–Trinajstić information content (AvgIpc) is 3.18. The Hall–Kier alpha value is -2.87. The zero-order chi connectivity index (χ0) is 18.7. The number of rotatable bonds is 5. The second-order valence-electron chi connectivity index (χ2n) is 5.67. The number of hydrogen-bond acceptors (Lipinski definition) is 6. The minimum Gasteiger partial charge on any atom is -0.493 e. The summed E-state index contributed by atoms with van der Waals surface area (Å²) in [6, 6.07) is 5.00. The van der Waals surface area contributed by atoms with Gasteiger partial charge in [0.2, 0.25) is 0 Å². The van der Waals surface area contributed by atoms with Gasteiger partial charge in [0.15, 0.2) is 16.3 Å². The van der Waals surface area contributed by atoms with Crippen molar-refractivity contribution >= 4 is 17.2 Å². The van der Waals surface area contributed by atoms with E-state index in [4.69, 9.17) is 14.0 Å². The molecular formula is C18H19N3O4S. The van der Waals surface area contributed by atoms with Crippen molar-refractivity contribution in [2.75, 3.05) is 7.11 Å². The summed E-state index contributed by atoms with van der Waals surface area (Å²) in [6.45, 7) is 4.00. The van der Waals surface area contributed by atoms with Crippen molar-refractivity contribution < 1.29 is 18.8 Å². The van der Waals surface area contributed by atoms with Crippen LogP contribution in [0.25, 0.3) is 0 Å². The maximum Gasteiger partial charge on any atom is 0.279 e. The number of aryl methyl sites for hydroxylation is 3. The Morgan fingerprint density at radius 3 is 2.77 bits per heavy atom. The van der Waals surface area contributed by atoms with Crippen LogP contribution in [0, 0.1) is 13.8 Å². The van der Waals surface area contributed by atoms with Crippen molar-refractivity contribution in [3.8, 4) is 11.5 Å². The number of benzene rings is 1. The molecule has 0 bridgehead atoms. The minimum absolute atomic E-state index is 0.306. The summed E-state index contributed by atoms with van der Waals surface area (Å²) in [6.07, 6.45) is 1.85. The van der Waals surface area contributed by atoms with E-state index in [1.165, 1.54) is 18.4 Å². The van der Waals surface area contributed by atoms with Gasteiger partial charge >= 0.3 is 0 Å². The third kappa shape index (κ3) is 3.70. The molecule has 0 saturated carbocycles. The first-order chi connectivity index (χ1) is 12.5. The van der Waals surface area contributed by atoms with E-state index < -0.39 is 0 Å². The van der Waals surface area contributed by atoms with E-state index in [1.54, 1.807) is 22.8 Å². The summed E-state index contributed by atoms with van der Waals surface area (Å²) >= 11 is 1.40. The van der Waals surface area contributed by atoms with Crippen LogP contribution in [0.5, 0.6) is 11.5 Å². The molecule has 1 aromatic carbocycles. The van der Waals surface area contributed by atoms with Gasteiger partial charge < -0.3 is 18.6 Å². The second kappa shape index (κ2) is 7.57. The van der Waals surface area contributed by atoms with E-state index in [-0.39, 0.29) is 5.91 Å². The predicted molar refractivity (Wildman–Crippen MR) is 96.5 cm³/mol. The quantitative estimate of drug-likeness (QED) is 0.687. The highest BCUT2D eigenvalue weighted by atomic mass is 32.1. The van der Waals surface area contributed by atoms with Crippen molar-refractivity contribution in [2.24, 2.45) is 12.0 Å². The number of aromatic nitrogens is 2. The largest absolute Gasteiger partial charge is 0.493 e. The van der Waals surface area contributed by atoms with E-state index >= 15 is 0 Å². The number of methoxy groups -OCH3 is 1. The molecule has 0 radical (unpaired) electrons. The number of carbonyl (C=O) groups excluding carboxylic acids is 1. The molecule has 0 saturated heterocycles. The van der Waals surface area contributed by atoms with Crippen molar-refractivity contribution in [1.82, 2.24) is 9.72 Å². The lowest BCUT2D eigenvalue weighted by Crippen LogP contribution is -2.12. The molecule has 8 heteroatoms. The van der Waals surface area contributed by atoms with Gasteiger partial charge in [-0.15, -0.1) is 11.3 Å². The number of thiazole rings is 1. The summed E-state index contributed by atoms with van der Waals surface area (Å²) in [7, 11) is 3.37. The first kappa shape index (κ1) is 17.9. The molecule has 0 aliphatic rings. The van der Waals surface area contributed by atoms with E-state index in [9.17, 15) is 4.79 Å². The lowest BCUT2D eigenvalue weighted by molar-refractivity contribution is 0.0997. The van der Waals surface area contributed by atoms with Gasteiger partial charge in [-0.05, 0) is 32.0 Å². The average molecular weight is 373 g/mol. The molecule has 26 heavy (non-hydrogen) atoms. The molecule has 7 nitrogen and oxygen atoms in total. The summed E-state index contributed by atoms with van der Waals surface area (Å²) in [4.78, 5) is 17.1. The van der Waals surface area contributed by atoms with Crippen LogP contribution in [0.2, 0.25) is 0 Å². The number of carbonyl (C=O) groups is 1. The SMILES string of the molecule is COc1cc(C(=O)N=c2sccn2C)ccc1OCc1c(C)noc1C. The van der Waals surface area contributed by atoms with Gasteiger partial charge in [0.25, 0.3) is 5.91 Å². The highest BCUT2D eigenvalue weighted by molar-refractivity contribution is 7.07.